The fourth-order valence-electron chi connectivity index (χ4n) is 2.50. The minimum Gasteiger partial charge on any atom is -0.449 e. The second-order valence-corrected chi connectivity index (χ2v) is 6.54. The van der Waals surface area contributed by atoms with Crippen LogP contribution < -0.4 is 10.6 Å². The first-order valence-corrected chi connectivity index (χ1v) is 8.77. The average Bonchev–Trinajstić information content (AvgIpc) is 3.48. The van der Waals surface area contributed by atoms with Crippen molar-refractivity contribution in [1.82, 2.24) is 0 Å². The molecule has 0 saturated heterocycles. The van der Waals surface area contributed by atoms with E-state index in [9.17, 15) is 28.5 Å². The Morgan fingerprint density at radius 2 is 1.86 bits per heavy atom. The SMILES string of the molecule is C[C@H](OC(=O)c1ccc(NC2CC2)c([N+](=O)[O-])c1)C(=O)Nc1c(F)cccc1F. The highest BCUT2D eigenvalue weighted by Crippen LogP contribution is 2.31. The molecule has 10 heteroatoms. The Hall–Kier alpha value is -3.56. The van der Waals surface area contributed by atoms with Gasteiger partial charge in [0, 0.05) is 12.1 Å². The monoisotopic (exact) mass is 405 g/mol. The van der Waals surface area contributed by atoms with Gasteiger partial charge in [0.2, 0.25) is 0 Å². The Kier molecular flexibility index (Phi) is 5.71. The summed E-state index contributed by atoms with van der Waals surface area (Å²) in [5, 5.41) is 16.3. The minimum absolute atomic E-state index is 0.130. The van der Waals surface area contributed by atoms with E-state index in [0.717, 1.165) is 37.1 Å². The Morgan fingerprint density at radius 3 is 2.45 bits per heavy atom. The summed E-state index contributed by atoms with van der Waals surface area (Å²) in [4.78, 5) is 35.0. The first-order valence-electron chi connectivity index (χ1n) is 8.77. The quantitative estimate of drug-likeness (QED) is 0.413. The number of nitro groups is 1. The van der Waals surface area contributed by atoms with Gasteiger partial charge in [0.25, 0.3) is 11.6 Å². The van der Waals surface area contributed by atoms with Gasteiger partial charge < -0.3 is 15.4 Å². The number of carbonyl (C=O) groups is 2. The number of benzene rings is 2. The van der Waals surface area contributed by atoms with Crippen LogP contribution in [0.1, 0.15) is 30.1 Å². The van der Waals surface area contributed by atoms with E-state index < -0.39 is 40.2 Å². The Morgan fingerprint density at radius 1 is 1.21 bits per heavy atom. The summed E-state index contributed by atoms with van der Waals surface area (Å²) < 4.78 is 32.2. The molecule has 1 amide bonds. The van der Waals surface area contributed by atoms with Crippen LogP contribution in [0.4, 0.5) is 25.8 Å². The molecular weight excluding hydrogens is 388 g/mol. The Bertz CT molecular complexity index is 958. The number of hydrogen-bond donors (Lipinski definition) is 2. The predicted octanol–water partition coefficient (Wildman–Crippen LogP) is 3.63. The number of amides is 1. The minimum atomic E-state index is -1.40. The zero-order chi connectivity index (χ0) is 21.1. The van der Waals surface area contributed by atoms with E-state index in [4.69, 9.17) is 4.74 Å². The third kappa shape index (κ3) is 4.84. The van der Waals surface area contributed by atoms with Crippen LogP contribution in [0.3, 0.4) is 0 Å². The van der Waals surface area contributed by atoms with Crippen LogP contribution in [-0.2, 0) is 9.53 Å². The van der Waals surface area contributed by atoms with Crippen LogP contribution in [-0.4, -0.2) is 28.9 Å². The van der Waals surface area contributed by atoms with Crippen molar-refractivity contribution in [3.05, 3.63) is 63.7 Å². The summed E-state index contributed by atoms with van der Waals surface area (Å²) in [6, 6.07) is 7.02. The van der Waals surface area contributed by atoms with Crippen molar-refractivity contribution in [3.63, 3.8) is 0 Å². The van der Waals surface area contributed by atoms with Crippen LogP contribution in [0.15, 0.2) is 36.4 Å². The standard InChI is InChI=1S/C19H17F2N3O5/c1-10(18(25)23-17-13(20)3-2-4-14(17)21)29-19(26)11-5-8-15(22-12-6-7-12)16(9-11)24(27)28/h2-5,8-10,12,22H,6-7H2,1H3,(H,23,25)/t10-/m0/s1. The van der Waals surface area contributed by atoms with Crippen molar-refractivity contribution in [2.45, 2.75) is 31.9 Å². The molecule has 2 aromatic rings. The van der Waals surface area contributed by atoms with Crippen molar-refractivity contribution < 1.29 is 28.0 Å². The van der Waals surface area contributed by atoms with E-state index in [1.807, 2.05) is 5.32 Å². The zero-order valence-electron chi connectivity index (χ0n) is 15.3. The van der Waals surface area contributed by atoms with E-state index >= 15 is 0 Å². The number of nitrogens with zero attached hydrogens (tertiary/aromatic N) is 1. The molecule has 29 heavy (non-hydrogen) atoms. The molecule has 0 aromatic heterocycles. The molecule has 1 atom stereocenters. The second-order valence-electron chi connectivity index (χ2n) is 6.54. The first kappa shape index (κ1) is 20.2. The largest absolute Gasteiger partial charge is 0.449 e. The number of esters is 1. The molecule has 0 unspecified atom stereocenters. The predicted molar refractivity (Wildman–Crippen MR) is 99.6 cm³/mol. The Labute approximate surface area is 164 Å². The molecular formula is C19H17F2N3O5. The number of halogens is 2. The van der Waals surface area contributed by atoms with Gasteiger partial charge in [-0.05, 0) is 44.0 Å². The van der Waals surface area contributed by atoms with Crippen molar-refractivity contribution in [3.8, 4) is 0 Å². The van der Waals surface area contributed by atoms with Crippen LogP contribution in [0.25, 0.3) is 0 Å². The van der Waals surface area contributed by atoms with E-state index in [0.29, 0.717) is 0 Å². The van der Waals surface area contributed by atoms with Gasteiger partial charge >= 0.3 is 5.97 Å². The lowest BCUT2D eigenvalue weighted by Crippen LogP contribution is -2.30. The number of anilines is 2. The van der Waals surface area contributed by atoms with Gasteiger partial charge in [-0.3, -0.25) is 14.9 Å². The maximum atomic E-state index is 13.6. The van der Waals surface area contributed by atoms with Gasteiger partial charge in [-0.2, -0.15) is 0 Å². The number of nitrogens with one attached hydrogen (secondary N) is 2. The number of hydrogen-bond acceptors (Lipinski definition) is 6. The van der Waals surface area contributed by atoms with Crippen LogP contribution >= 0.6 is 0 Å². The third-order valence-electron chi connectivity index (χ3n) is 4.23. The molecule has 1 aliphatic rings. The highest BCUT2D eigenvalue weighted by Gasteiger charge is 2.27. The number of nitro benzene ring substituents is 1. The molecule has 0 radical (unpaired) electrons. The molecule has 8 nitrogen and oxygen atoms in total. The van der Waals surface area contributed by atoms with Crippen LogP contribution in [0.5, 0.6) is 0 Å². The van der Waals surface area contributed by atoms with Gasteiger partial charge in [-0.1, -0.05) is 6.07 Å². The maximum Gasteiger partial charge on any atom is 0.339 e. The lowest BCUT2D eigenvalue weighted by molar-refractivity contribution is -0.384. The molecule has 0 aliphatic heterocycles. The van der Waals surface area contributed by atoms with Gasteiger partial charge in [0.1, 0.15) is 23.0 Å². The summed E-state index contributed by atoms with van der Waals surface area (Å²) >= 11 is 0. The van der Waals surface area contributed by atoms with Gasteiger partial charge in [-0.25, -0.2) is 13.6 Å². The molecule has 0 spiro atoms. The van der Waals surface area contributed by atoms with Gasteiger partial charge in [0.15, 0.2) is 6.10 Å². The molecule has 152 valence electrons. The third-order valence-corrected chi connectivity index (χ3v) is 4.23. The summed E-state index contributed by atoms with van der Waals surface area (Å²) in [5.74, 6) is -3.90. The van der Waals surface area contributed by atoms with Crippen LogP contribution in [0.2, 0.25) is 0 Å². The lowest BCUT2D eigenvalue weighted by atomic mass is 10.1. The van der Waals surface area contributed by atoms with Gasteiger partial charge in [0.05, 0.1) is 10.5 Å². The lowest BCUT2D eigenvalue weighted by Gasteiger charge is -2.14. The maximum absolute atomic E-state index is 13.6. The molecule has 2 aromatic carbocycles. The number of carbonyl (C=O) groups excluding carboxylic acids is 2. The van der Waals surface area contributed by atoms with Crippen molar-refractivity contribution in [2.75, 3.05) is 10.6 Å². The molecule has 0 heterocycles. The summed E-state index contributed by atoms with van der Waals surface area (Å²) in [7, 11) is 0. The van der Waals surface area contributed by atoms with Crippen LogP contribution in [0, 0.1) is 21.7 Å². The van der Waals surface area contributed by atoms with E-state index in [1.165, 1.54) is 19.1 Å². The highest BCUT2D eigenvalue weighted by atomic mass is 19.1. The van der Waals surface area contributed by atoms with Crippen molar-refractivity contribution in [2.24, 2.45) is 0 Å². The average molecular weight is 405 g/mol. The topological polar surface area (TPSA) is 111 Å². The molecule has 1 aliphatic carbocycles. The summed E-state index contributed by atoms with van der Waals surface area (Å²) in [6.45, 7) is 1.21. The van der Waals surface area contributed by atoms with Crippen molar-refractivity contribution >= 4 is 28.9 Å². The Balaban J connectivity index is 1.69. The fourth-order valence-corrected chi connectivity index (χ4v) is 2.50. The molecule has 1 fully saturated rings. The fraction of sp³-hybridized carbons (Fsp3) is 0.263. The highest BCUT2D eigenvalue weighted by molar-refractivity contribution is 5.98. The normalized spacial score (nSPS) is 14.0. The molecule has 2 N–H and O–H groups in total. The van der Waals surface area contributed by atoms with Gasteiger partial charge in [-0.15, -0.1) is 0 Å². The number of rotatable bonds is 7. The molecule has 0 bridgehead atoms. The summed E-state index contributed by atoms with van der Waals surface area (Å²) in [5.41, 5.74) is -0.798. The van der Waals surface area contributed by atoms with E-state index in [1.54, 1.807) is 0 Å². The molecule has 3 rings (SSSR count). The number of para-hydroxylation sites is 1. The first-order chi connectivity index (χ1) is 13.8. The van der Waals surface area contributed by atoms with Crippen molar-refractivity contribution in [1.29, 1.82) is 0 Å². The number of ether oxygens (including phenoxy) is 1. The van der Waals surface area contributed by atoms with E-state index in [2.05, 4.69) is 5.32 Å². The zero-order valence-corrected chi connectivity index (χ0v) is 15.3. The van der Waals surface area contributed by atoms with E-state index in [-0.39, 0.29) is 23.0 Å². The molecule has 1 saturated carbocycles. The second kappa shape index (κ2) is 8.21. The smallest absolute Gasteiger partial charge is 0.339 e. The summed E-state index contributed by atoms with van der Waals surface area (Å²) in [6.07, 6.45) is 0.427.